The van der Waals surface area contributed by atoms with Crippen molar-refractivity contribution in [3.8, 4) is 11.5 Å². The van der Waals surface area contributed by atoms with E-state index in [0.717, 1.165) is 40.8 Å². The Bertz CT molecular complexity index is 683. The number of hydrogen-bond acceptors (Lipinski definition) is 4. The Morgan fingerprint density at radius 1 is 1.30 bits per heavy atom. The third-order valence-electron chi connectivity index (χ3n) is 4.44. The van der Waals surface area contributed by atoms with E-state index >= 15 is 0 Å². The van der Waals surface area contributed by atoms with Gasteiger partial charge in [-0.15, -0.1) is 5.10 Å². The van der Waals surface area contributed by atoms with Gasteiger partial charge in [0.15, 0.2) is 0 Å². The molecule has 6 N–H and O–H groups in total. The molecule has 0 fully saturated rings. The third kappa shape index (κ3) is 3.50. The van der Waals surface area contributed by atoms with E-state index in [-0.39, 0.29) is 5.96 Å². The minimum atomic E-state index is -0.434. The van der Waals surface area contributed by atoms with Gasteiger partial charge in [-0.3, -0.25) is 5.43 Å². The van der Waals surface area contributed by atoms with Crippen molar-refractivity contribution in [2.45, 2.75) is 52.6 Å². The number of benzene rings is 1. The molecule has 0 bridgehead atoms. The van der Waals surface area contributed by atoms with Gasteiger partial charge in [0, 0.05) is 12.0 Å². The Morgan fingerprint density at radius 2 is 1.96 bits per heavy atom. The van der Waals surface area contributed by atoms with Crippen LogP contribution in [-0.2, 0) is 6.42 Å². The zero-order chi connectivity index (χ0) is 17.4. The number of guanidine groups is 1. The molecular formula is C16H24N4O2S. The molecular weight excluding hydrogens is 312 g/mol. The number of thiocarbonyl (C=S) groups is 1. The van der Waals surface area contributed by atoms with E-state index in [1.54, 1.807) is 0 Å². The molecule has 0 saturated carbocycles. The lowest BCUT2D eigenvalue weighted by atomic mass is 9.85. The molecule has 0 aliphatic carbocycles. The van der Waals surface area contributed by atoms with Crippen molar-refractivity contribution in [3.05, 3.63) is 22.3 Å². The van der Waals surface area contributed by atoms with Crippen LogP contribution in [0.2, 0.25) is 0 Å². The maximum Gasteiger partial charge on any atom is 0.208 e. The summed E-state index contributed by atoms with van der Waals surface area (Å²) in [4.78, 5) is 0.522. The molecule has 0 aromatic heterocycles. The average molecular weight is 336 g/mol. The number of nitrogens with one attached hydrogen (secondary N) is 1. The Morgan fingerprint density at radius 3 is 2.57 bits per heavy atom. The van der Waals surface area contributed by atoms with Crippen LogP contribution in [0.4, 0.5) is 0 Å². The predicted molar refractivity (Wildman–Crippen MR) is 95.8 cm³/mol. The smallest absolute Gasteiger partial charge is 0.208 e. The Kier molecular flexibility index (Phi) is 4.70. The number of phenolic OH excluding ortho intramolecular Hbond substituents is 1. The van der Waals surface area contributed by atoms with Crippen LogP contribution < -0.4 is 21.6 Å². The van der Waals surface area contributed by atoms with Gasteiger partial charge < -0.3 is 21.3 Å². The van der Waals surface area contributed by atoms with Gasteiger partial charge in [-0.1, -0.05) is 12.2 Å². The molecule has 0 spiro atoms. The molecule has 23 heavy (non-hydrogen) atoms. The first kappa shape index (κ1) is 17.3. The molecule has 2 rings (SSSR count). The van der Waals surface area contributed by atoms with Gasteiger partial charge >= 0.3 is 0 Å². The number of aromatic hydroxyl groups is 1. The van der Waals surface area contributed by atoms with Crippen LogP contribution in [0.1, 0.15) is 42.0 Å². The Hall–Kier alpha value is -2.02. The Balaban J connectivity index is 2.26. The van der Waals surface area contributed by atoms with Gasteiger partial charge in [-0.2, -0.15) is 0 Å². The van der Waals surface area contributed by atoms with Crippen LogP contribution >= 0.6 is 12.2 Å². The summed E-state index contributed by atoms with van der Waals surface area (Å²) in [6.45, 7) is 7.82. The predicted octanol–water partition coefficient (Wildman–Crippen LogP) is 1.90. The molecule has 1 atom stereocenters. The molecule has 7 heteroatoms. The van der Waals surface area contributed by atoms with Crippen LogP contribution in [0.25, 0.3) is 0 Å². The van der Waals surface area contributed by atoms with Gasteiger partial charge in [0.2, 0.25) is 5.96 Å². The normalized spacial score (nSPS) is 19.5. The monoisotopic (exact) mass is 336 g/mol. The number of fused-ring (bicyclic) bond motifs is 1. The number of rotatable bonds is 3. The van der Waals surface area contributed by atoms with Gasteiger partial charge in [0.1, 0.15) is 22.1 Å². The highest BCUT2D eigenvalue weighted by Crippen LogP contribution is 2.44. The number of ether oxygens (including phenoxy) is 1. The van der Waals surface area contributed by atoms with Crippen molar-refractivity contribution in [2.75, 3.05) is 0 Å². The molecule has 0 saturated heterocycles. The van der Waals surface area contributed by atoms with Crippen molar-refractivity contribution in [1.82, 2.24) is 5.43 Å². The van der Waals surface area contributed by atoms with E-state index in [1.807, 2.05) is 27.7 Å². The molecule has 1 aliphatic heterocycles. The van der Waals surface area contributed by atoms with E-state index in [9.17, 15) is 5.11 Å². The highest BCUT2D eigenvalue weighted by atomic mass is 32.1. The molecule has 1 heterocycles. The average Bonchev–Trinajstić information content (AvgIpc) is 2.48. The van der Waals surface area contributed by atoms with E-state index in [1.165, 1.54) is 0 Å². The molecule has 1 unspecified atom stereocenters. The van der Waals surface area contributed by atoms with Gasteiger partial charge in [-0.25, -0.2) is 0 Å². The zero-order valence-corrected chi connectivity index (χ0v) is 14.8. The summed E-state index contributed by atoms with van der Waals surface area (Å²) in [6.07, 6.45) is 2.14. The fourth-order valence-corrected chi connectivity index (χ4v) is 3.28. The first-order valence-electron chi connectivity index (χ1n) is 7.52. The highest BCUT2D eigenvalue weighted by Gasteiger charge is 2.35. The fraction of sp³-hybridized carbons (Fsp3) is 0.500. The SMILES string of the molecule is Cc1c(C)c2c(c(C)c1O)CCC(C)(CC(=S)NN=C(N)N)O2. The number of phenols is 1. The summed E-state index contributed by atoms with van der Waals surface area (Å²) < 4.78 is 6.29. The van der Waals surface area contributed by atoms with Crippen LogP contribution in [0.15, 0.2) is 5.10 Å². The van der Waals surface area contributed by atoms with Crippen molar-refractivity contribution < 1.29 is 9.84 Å². The second-order valence-electron chi connectivity index (χ2n) is 6.33. The van der Waals surface area contributed by atoms with Gasteiger partial charge in [-0.05, 0) is 57.2 Å². The quantitative estimate of drug-likeness (QED) is 0.291. The van der Waals surface area contributed by atoms with Gasteiger partial charge in [0.25, 0.3) is 0 Å². The molecule has 1 aliphatic rings. The van der Waals surface area contributed by atoms with Crippen LogP contribution in [0.5, 0.6) is 11.5 Å². The van der Waals surface area contributed by atoms with Gasteiger partial charge in [0.05, 0.1) is 0 Å². The fourth-order valence-electron chi connectivity index (χ4n) is 2.93. The molecule has 1 aromatic rings. The zero-order valence-electron chi connectivity index (χ0n) is 14.0. The Labute approximate surface area is 141 Å². The van der Waals surface area contributed by atoms with Crippen molar-refractivity contribution in [1.29, 1.82) is 0 Å². The third-order valence-corrected chi connectivity index (χ3v) is 4.67. The molecule has 126 valence electrons. The highest BCUT2D eigenvalue weighted by molar-refractivity contribution is 7.80. The van der Waals surface area contributed by atoms with Crippen LogP contribution in [0, 0.1) is 20.8 Å². The maximum absolute atomic E-state index is 10.2. The largest absolute Gasteiger partial charge is 0.507 e. The molecule has 1 aromatic carbocycles. The number of nitrogens with two attached hydrogens (primary N) is 2. The van der Waals surface area contributed by atoms with E-state index in [2.05, 4.69) is 10.5 Å². The lowest BCUT2D eigenvalue weighted by molar-refractivity contribution is 0.0709. The number of nitrogens with zero attached hydrogens (tertiary/aromatic N) is 1. The lowest BCUT2D eigenvalue weighted by Crippen LogP contribution is -2.41. The summed E-state index contributed by atoms with van der Waals surface area (Å²) in [7, 11) is 0. The van der Waals surface area contributed by atoms with Crippen molar-refractivity contribution >= 4 is 23.2 Å². The van der Waals surface area contributed by atoms with E-state index < -0.39 is 5.60 Å². The summed E-state index contributed by atoms with van der Waals surface area (Å²) >= 11 is 5.28. The summed E-state index contributed by atoms with van der Waals surface area (Å²) in [6, 6.07) is 0. The van der Waals surface area contributed by atoms with E-state index in [0.29, 0.717) is 17.2 Å². The second-order valence-corrected chi connectivity index (χ2v) is 6.82. The van der Waals surface area contributed by atoms with Crippen LogP contribution in [-0.4, -0.2) is 21.7 Å². The molecule has 0 radical (unpaired) electrons. The minimum absolute atomic E-state index is 0.0648. The number of hydrazone groups is 1. The minimum Gasteiger partial charge on any atom is -0.507 e. The topological polar surface area (TPSA) is 106 Å². The summed E-state index contributed by atoms with van der Waals surface area (Å²) in [5.41, 5.74) is 16.6. The van der Waals surface area contributed by atoms with Crippen molar-refractivity contribution in [2.24, 2.45) is 16.6 Å². The van der Waals surface area contributed by atoms with Crippen LogP contribution in [0.3, 0.4) is 0 Å². The lowest BCUT2D eigenvalue weighted by Gasteiger charge is -2.38. The summed E-state index contributed by atoms with van der Waals surface area (Å²) in [5.74, 6) is 1.15. The maximum atomic E-state index is 10.2. The standard InChI is InChI=1S/C16H24N4O2S/c1-8-9(2)14-11(10(3)13(8)21)5-6-16(4,22-14)7-12(23)19-20-15(17)18/h21H,5-7H2,1-4H3,(H,19,23)(H4,17,18,20). The summed E-state index contributed by atoms with van der Waals surface area (Å²) in [5, 5.41) is 13.9. The first-order valence-corrected chi connectivity index (χ1v) is 7.93. The molecule has 0 amide bonds. The molecule has 6 nitrogen and oxygen atoms in total. The van der Waals surface area contributed by atoms with E-state index in [4.69, 9.17) is 28.4 Å². The second kappa shape index (κ2) is 6.23. The van der Waals surface area contributed by atoms with Crippen molar-refractivity contribution in [3.63, 3.8) is 0 Å². The number of hydrogen-bond donors (Lipinski definition) is 4. The first-order chi connectivity index (χ1) is 10.6.